The van der Waals surface area contributed by atoms with Crippen LogP contribution in [-0.2, 0) is 0 Å². The molecule has 0 atom stereocenters. The average Bonchev–Trinajstić information content (AvgIpc) is 2.41. The molecule has 0 spiro atoms. The molecule has 3 nitrogen and oxygen atoms in total. The summed E-state index contributed by atoms with van der Waals surface area (Å²) in [5.74, 6) is -1.20. The third-order valence-electron chi connectivity index (χ3n) is 2.39. The van der Waals surface area contributed by atoms with Crippen LogP contribution in [0.4, 0.5) is 4.39 Å². The summed E-state index contributed by atoms with van der Waals surface area (Å²) < 4.78 is 13.3. The fraction of sp³-hybridized carbons (Fsp3) is 0. The van der Waals surface area contributed by atoms with Crippen molar-refractivity contribution < 1.29 is 9.18 Å². The van der Waals surface area contributed by atoms with Crippen molar-refractivity contribution in [3.8, 4) is 0 Å². The van der Waals surface area contributed by atoms with Crippen LogP contribution in [0.1, 0.15) is 15.9 Å². The first-order valence-electron chi connectivity index (χ1n) is 5.51. The van der Waals surface area contributed by atoms with E-state index in [2.05, 4.69) is 10.5 Å². The van der Waals surface area contributed by atoms with E-state index in [1.165, 1.54) is 24.4 Å². The maximum atomic E-state index is 13.3. The van der Waals surface area contributed by atoms with E-state index in [4.69, 9.17) is 11.6 Å². The molecule has 0 aromatic heterocycles. The molecule has 96 valence electrons. The lowest BCUT2D eigenvalue weighted by atomic mass is 10.2. The van der Waals surface area contributed by atoms with E-state index in [0.29, 0.717) is 10.6 Å². The Kier molecular flexibility index (Phi) is 4.26. The summed E-state index contributed by atoms with van der Waals surface area (Å²) in [6.45, 7) is 0. The topological polar surface area (TPSA) is 41.5 Å². The minimum absolute atomic E-state index is 0.0567. The number of hydrogen-bond acceptors (Lipinski definition) is 2. The molecular formula is C14H10ClFN2O. The van der Waals surface area contributed by atoms with E-state index in [1.807, 2.05) is 0 Å². The number of hydrazone groups is 1. The molecule has 5 heteroatoms. The van der Waals surface area contributed by atoms with E-state index in [1.54, 1.807) is 30.3 Å². The first kappa shape index (κ1) is 13.2. The van der Waals surface area contributed by atoms with Crippen LogP contribution in [-0.4, -0.2) is 12.1 Å². The van der Waals surface area contributed by atoms with E-state index < -0.39 is 11.7 Å². The fourth-order valence-electron chi connectivity index (χ4n) is 1.45. The highest BCUT2D eigenvalue weighted by Gasteiger charge is 2.09. The Bertz CT molecular complexity index is 628. The molecule has 0 saturated heterocycles. The molecule has 0 unspecified atom stereocenters. The lowest BCUT2D eigenvalue weighted by Gasteiger charge is -2.01. The molecule has 0 saturated carbocycles. The first-order valence-corrected chi connectivity index (χ1v) is 5.89. The van der Waals surface area contributed by atoms with Gasteiger partial charge < -0.3 is 0 Å². The predicted molar refractivity (Wildman–Crippen MR) is 72.9 cm³/mol. The zero-order valence-electron chi connectivity index (χ0n) is 9.81. The van der Waals surface area contributed by atoms with Crippen molar-refractivity contribution >= 4 is 23.7 Å². The van der Waals surface area contributed by atoms with Crippen molar-refractivity contribution in [2.45, 2.75) is 0 Å². The second kappa shape index (κ2) is 6.11. The molecular weight excluding hydrogens is 267 g/mol. The summed E-state index contributed by atoms with van der Waals surface area (Å²) in [6, 6.07) is 12.7. The third kappa shape index (κ3) is 3.39. The number of halogens is 2. The molecule has 0 aliphatic rings. The zero-order valence-corrected chi connectivity index (χ0v) is 10.6. The monoisotopic (exact) mass is 276 g/mol. The second-order valence-electron chi connectivity index (χ2n) is 3.70. The van der Waals surface area contributed by atoms with E-state index in [0.717, 1.165) is 0 Å². The van der Waals surface area contributed by atoms with Gasteiger partial charge in [0.2, 0.25) is 0 Å². The normalized spacial score (nSPS) is 10.6. The minimum atomic E-state index is -0.610. The first-order chi connectivity index (χ1) is 9.18. The summed E-state index contributed by atoms with van der Waals surface area (Å²) in [4.78, 5) is 11.6. The lowest BCUT2D eigenvalue weighted by Crippen LogP contribution is -2.18. The van der Waals surface area contributed by atoms with Crippen LogP contribution >= 0.6 is 11.6 Å². The van der Waals surface area contributed by atoms with Crippen LogP contribution < -0.4 is 5.43 Å². The van der Waals surface area contributed by atoms with Crippen molar-refractivity contribution in [3.63, 3.8) is 0 Å². The van der Waals surface area contributed by atoms with Gasteiger partial charge >= 0.3 is 0 Å². The smallest absolute Gasteiger partial charge is 0.267 e. The van der Waals surface area contributed by atoms with Gasteiger partial charge in [0.15, 0.2) is 0 Å². The van der Waals surface area contributed by atoms with Crippen molar-refractivity contribution in [2.24, 2.45) is 5.10 Å². The number of carbonyl (C=O) groups is 1. The lowest BCUT2D eigenvalue weighted by molar-refractivity contribution is 0.0951. The number of nitrogens with one attached hydrogen (secondary N) is 1. The standard InChI is InChI=1S/C14H10ClFN2O/c15-12-7-3-1-5-10(12)9-17-18-14(19)11-6-2-4-8-13(11)16/h1-9H,(H,18,19). The van der Waals surface area contributed by atoms with Crippen LogP contribution in [0.25, 0.3) is 0 Å². The average molecular weight is 277 g/mol. The molecule has 2 aromatic rings. The summed E-state index contributed by atoms with van der Waals surface area (Å²) in [7, 11) is 0. The molecule has 0 aliphatic heterocycles. The highest BCUT2D eigenvalue weighted by atomic mass is 35.5. The fourth-order valence-corrected chi connectivity index (χ4v) is 1.63. The Morgan fingerprint density at radius 1 is 1.16 bits per heavy atom. The molecule has 0 fully saturated rings. The van der Waals surface area contributed by atoms with Crippen LogP contribution in [0, 0.1) is 5.82 Å². The van der Waals surface area contributed by atoms with Gasteiger partial charge in [0, 0.05) is 10.6 Å². The number of hydrogen-bond donors (Lipinski definition) is 1. The highest BCUT2D eigenvalue weighted by Crippen LogP contribution is 2.12. The van der Waals surface area contributed by atoms with Crippen molar-refractivity contribution in [2.75, 3.05) is 0 Å². The zero-order chi connectivity index (χ0) is 13.7. The quantitative estimate of drug-likeness (QED) is 0.679. The Hall–Kier alpha value is -2.20. The maximum absolute atomic E-state index is 13.3. The molecule has 0 aliphatic carbocycles. The number of carbonyl (C=O) groups excluding carboxylic acids is 1. The summed E-state index contributed by atoms with van der Waals surface area (Å²) in [5.41, 5.74) is 2.86. The van der Waals surface area contributed by atoms with Crippen molar-refractivity contribution in [1.29, 1.82) is 0 Å². The van der Waals surface area contributed by atoms with Gasteiger partial charge in [0.1, 0.15) is 5.82 Å². The summed E-state index contributed by atoms with van der Waals surface area (Å²) in [5, 5.41) is 4.26. The molecule has 19 heavy (non-hydrogen) atoms. The van der Waals surface area contributed by atoms with Gasteiger partial charge in [-0.1, -0.05) is 41.9 Å². The minimum Gasteiger partial charge on any atom is -0.267 e. The molecule has 1 N–H and O–H groups in total. The van der Waals surface area contributed by atoms with Crippen LogP contribution in [0.5, 0.6) is 0 Å². The number of benzene rings is 2. The largest absolute Gasteiger partial charge is 0.274 e. The van der Waals surface area contributed by atoms with E-state index >= 15 is 0 Å². The molecule has 0 heterocycles. The number of amides is 1. The summed E-state index contributed by atoms with van der Waals surface area (Å²) in [6.07, 6.45) is 1.40. The Balaban J connectivity index is 2.06. The number of rotatable bonds is 3. The van der Waals surface area contributed by atoms with Crippen LogP contribution in [0.3, 0.4) is 0 Å². The Morgan fingerprint density at radius 2 is 1.84 bits per heavy atom. The third-order valence-corrected chi connectivity index (χ3v) is 2.74. The highest BCUT2D eigenvalue weighted by molar-refractivity contribution is 6.33. The van der Waals surface area contributed by atoms with Gasteiger partial charge in [-0.3, -0.25) is 4.79 Å². The van der Waals surface area contributed by atoms with Gasteiger partial charge in [0.25, 0.3) is 5.91 Å². The SMILES string of the molecule is O=C(NN=Cc1ccccc1Cl)c1ccccc1F. The van der Waals surface area contributed by atoms with Gasteiger partial charge in [-0.15, -0.1) is 0 Å². The second-order valence-corrected chi connectivity index (χ2v) is 4.11. The Morgan fingerprint density at radius 3 is 2.58 bits per heavy atom. The van der Waals surface area contributed by atoms with E-state index in [-0.39, 0.29) is 5.56 Å². The molecule has 2 rings (SSSR count). The predicted octanol–water partition coefficient (Wildman–Crippen LogP) is 3.24. The van der Waals surface area contributed by atoms with Gasteiger partial charge in [0.05, 0.1) is 11.8 Å². The van der Waals surface area contributed by atoms with Gasteiger partial charge in [-0.25, -0.2) is 9.82 Å². The number of nitrogens with zero attached hydrogens (tertiary/aromatic N) is 1. The summed E-state index contributed by atoms with van der Waals surface area (Å²) >= 11 is 5.92. The molecule has 2 aromatic carbocycles. The van der Waals surface area contributed by atoms with Crippen molar-refractivity contribution in [1.82, 2.24) is 5.43 Å². The molecule has 0 radical (unpaired) electrons. The molecule has 1 amide bonds. The Labute approximate surface area is 114 Å². The van der Waals surface area contributed by atoms with Gasteiger partial charge in [-0.2, -0.15) is 5.10 Å². The molecule has 0 bridgehead atoms. The van der Waals surface area contributed by atoms with Gasteiger partial charge in [-0.05, 0) is 18.2 Å². The van der Waals surface area contributed by atoms with Crippen LogP contribution in [0.2, 0.25) is 5.02 Å². The maximum Gasteiger partial charge on any atom is 0.274 e. The van der Waals surface area contributed by atoms with Crippen molar-refractivity contribution in [3.05, 3.63) is 70.5 Å². The van der Waals surface area contributed by atoms with Crippen LogP contribution in [0.15, 0.2) is 53.6 Å². The van der Waals surface area contributed by atoms with E-state index in [9.17, 15) is 9.18 Å².